The highest BCUT2D eigenvalue weighted by molar-refractivity contribution is 9.10. The van der Waals surface area contributed by atoms with Crippen LogP contribution in [0.25, 0.3) is 0 Å². The molecule has 1 amide bonds. The van der Waals surface area contributed by atoms with Crippen LogP contribution in [0.4, 0.5) is 4.79 Å². The smallest absolute Gasteiger partial charge is 0.410 e. The number of thiophene rings is 1. The van der Waals surface area contributed by atoms with Gasteiger partial charge in [-0.15, -0.1) is 0 Å². The lowest BCUT2D eigenvalue weighted by molar-refractivity contribution is 0.0201. The summed E-state index contributed by atoms with van der Waals surface area (Å²) in [5.41, 5.74) is 0.482. The quantitative estimate of drug-likeness (QED) is 0.918. The Morgan fingerprint density at radius 2 is 2.17 bits per heavy atom. The number of halogens is 1. The Hall–Kier alpha value is -0.590. The molecule has 1 rings (SSSR count). The van der Waals surface area contributed by atoms with Crippen LogP contribution in [0, 0.1) is 0 Å². The first-order valence-electron chi connectivity index (χ1n) is 5.63. The van der Waals surface area contributed by atoms with Crippen LogP contribution < -0.4 is 0 Å². The lowest BCUT2D eigenvalue weighted by Gasteiger charge is -2.26. The van der Waals surface area contributed by atoms with Gasteiger partial charge in [-0.05, 0) is 47.6 Å². The number of ether oxygens (including phenoxy) is 1. The Morgan fingerprint density at radius 1 is 1.50 bits per heavy atom. The van der Waals surface area contributed by atoms with Gasteiger partial charge in [0.1, 0.15) is 5.60 Å². The molecule has 18 heavy (non-hydrogen) atoms. The maximum Gasteiger partial charge on any atom is 0.410 e. The molecule has 0 fully saturated rings. The van der Waals surface area contributed by atoms with Crippen molar-refractivity contribution in [2.45, 2.75) is 32.9 Å². The van der Waals surface area contributed by atoms with Crippen molar-refractivity contribution in [2.75, 3.05) is 13.2 Å². The third kappa shape index (κ3) is 4.96. The first kappa shape index (κ1) is 15.5. The number of hydrogen-bond donors (Lipinski definition) is 1. The molecule has 1 aromatic heterocycles. The van der Waals surface area contributed by atoms with Crippen LogP contribution in [-0.4, -0.2) is 34.9 Å². The zero-order valence-electron chi connectivity index (χ0n) is 10.8. The minimum Gasteiger partial charge on any atom is -0.444 e. The Kier molecular flexibility index (Phi) is 5.62. The van der Waals surface area contributed by atoms with E-state index in [1.807, 2.05) is 31.5 Å². The molecule has 0 saturated heterocycles. The highest BCUT2D eigenvalue weighted by atomic mass is 79.9. The van der Waals surface area contributed by atoms with Gasteiger partial charge in [0.25, 0.3) is 0 Å². The van der Waals surface area contributed by atoms with Crippen molar-refractivity contribution < 1.29 is 14.6 Å². The van der Waals surface area contributed by atoms with Crippen LogP contribution >= 0.6 is 27.3 Å². The number of carbonyl (C=O) groups excluding carboxylic acids is 1. The average molecular weight is 336 g/mol. The van der Waals surface area contributed by atoms with Gasteiger partial charge in [0.2, 0.25) is 0 Å². The highest BCUT2D eigenvalue weighted by Gasteiger charge is 2.22. The van der Waals surface area contributed by atoms with Gasteiger partial charge in [-0.1, -0.05) is 0 Å². The van der Waals surface area contributed by atoms with Crippen molar-refractivity contribution in [3.05, 3.63) is 20.8 Å². The average Bonchev–Trinajstić information content (AvgIpc) is 2.61. The summed E-state index contributed by atoms with van der Waals surface area (Å²) in [5.74, 6) is 0. The van der Waals surface area contributed by atoms with Gasteiger partial charge in [0.05, 0.1) is 13.2 Å². The van der Waals surface area contributed by atoms with Gasteiger partial charge < -0.3 is 14.7 Å². The van der Waals surface area contributed by atoms with Crippen LogP contribution in [0.3, 0.4) is 0 Å². The van der Waals surface area contributed by atoms with Crippen LogP contribution in [0.2, 0.25) is 0 Å². The number of amides is 1. The van der Waals surface area contributed by atoms with Crippen molar-refractivity contribution in [1.29, 1.82) is 0 Å². The fourth-order valence-corrected chi connectivity index (χ4v) is 2.73. The van der Waals surface area contributed by atoms with Gasteiger partial charge in [-0.2, -0.15) is 11.3 Å². The summed E-state index contributed by atoms with van der Waals surface area (Å²) in [4.78, 5) is 13.5. The van der Waals surface area contributed by atoms with Gasteiger partial charge in [-0.25, -0.2) is 4.79 Å². The fraction of sp³-hybridized carbons (Fsp3) is 0.583. The van der Waals surface area contributed by atoms with Gasteiger partial charge >= 0.3 is 6.09 Å². The number of aliphatic hydroxyl groups is 1. The van der Waals surface area contributed by atoms with Crippen LogP contribution in [-0.2, 0) is 11.3 Å². The summed E-state index contributed by atoms with van der Waals surface area (Å²) < 4.78 is 6.28. The van der Waals surface area contributed by atoms with Crippen molar-refractivity contribution >= 4 is 33.4 Å². The number of hydrogen-bond acceptors (Lipinski definition) is 4. The molecule has 0 aliphatic heterocycles. The second-order valence-corrected chi connectivity index (χ2v) is 6.47. The van der Waals surface area contributed by atoms with E-state index >= 15 is 0 Å². The van der Waals surface area contributed by atoms with Crippen LogP contribution in [0.15, 0.2) is 15.2 Å². The van der Waals surface area contributed by atoms with E-state index < -0.39 is 11.7 Å². The third-order valence-electron chi connectivity index (χ3n) is 2.07. The Balaban J connectivity index is 2.71. The Morgan fingerprint density at radius 3 is 2.61 bits per heavy atom. The summed E-state index contributed by atoms with van der Waals surface area (Å²) in [5, 5.41) is 13.0. The zero-order valence-corrected chi connectivity index (χ0v) is 13.2. The van der Waals surface area contributed by atoms with Crippen molar-refractivity contribution in [3.63, 3.8) is 0 Å². The number of nitrogens with zero attached hydrogens (tertiary/aromatic N) is 1. The first-order chi connectivity index (χ1) is 8.33. The van der Waals surface area contributed by atoms with Gasteiger partial charge in [0.15, 0.2) is 0 Å². The van der Waals surface area contributed by atoms with Crippen molar-refractivity contribution in [2.24, 2.45) is 0 Å². The number of rotatable bonds is 4. The van der Waals surface area contributed by atoms with E-state index in [-0.39, 0.29) is 13.2 Å². The molecule has 0 spiro atoms. The number of aliphatic hydroxyl groups excluding tert-OH is 1. The van der Waals surface area contributed by atoms with E-state index in [9.17, 15) is 4.79 Å². The maximum absolute atomic E-state index is 12.0. The molecule has 0 unspecified atom stereocenters. The SMILES string of the molecule is CC(C)(C)OC(=O)N(CCO)Cc1cscc1Br. The summed E-state index contributed by atoms with van der Waals surface area (Å²) >= 11 is 4.99. The number of carbonyl (C=O) groups is 1. The Bertz CT molecular complexity index is 400. The molecule has 1 heterocycles. The summed E-state index contributed by atoms with van der Waals surface area (Å²) in [6, 6.07) is 0. The minimum atomic E-state index is -0.531. The molecule has 0 saturated carbocycles. The van der Waals surface area contributed by atoms with Crippen molar-refractivity contribution in [3.8, 4) is 0 Å². The topological polar surface area (TPSA) is 49.8 Å². The molecule has 1 aromatic rings. The molecule has 0 radical (unpaired) electrons. The molecule has 4 nitrogen and oxygen atoms in total. The maximum atomic E-state index is 12.0. The molecule has 102 valence electrons. The van der Waals surface area contributed by atoms with Gasteiger partial charge in [-0.3, -0.25) is 0 Å². The van der Waals surface area contributed by atoms with Crippen LogP contribution in [0.1, 0.15) is 26.3 Å². The highest BCUT2D eigenvalue weighted by Crippen LogP contribution is 2.23. The molecule has 0 aliphatic carbocycles. The van der Waals surface area contributed by atoms with E-state index in [0.29, 0.717) is 6.54 Å². The second-order valence-electron chi connectivity index (χ2n) is 4.87. The van der Waals surface area contributed by atoms with Crippen LogP contribution in [0.5, 0.6) is 0 Å². The summed E-state index contributed by atoms with van der Waals surface area (Å²) in [6.07, 6.45) is -0.408. The molecule has 0 bridgehead atoms. The first-order valence-corrected chi connectivity index (χ1v) is 7.36. The lowest BCUT2D eigenvalue weighted by atomic mass is 10.2. The minimum absolute atomic E-state index is 0.0823. The third-order valence-corrected chi connectivity index (χ3v) is 3.91. The molecule has 0 atom stereocenters. The Labute approximate surface area is 120 Å². The molecule has 0 aromatic carbocycles. The normalized spacial score (nSPS) is 11.4. The monoisotopic (exact) mass is 335 g/mol. The van der Waals surface area contributed by atoms with Crippen molar-refractivity contribution in [1.82, 2.24) is 4.90 Å². The fourth-order valence-electron chi connectivity index (χ4n) is 1.31. The molecular weight excluding hydrogens is 318 g/mol. The molecular formula is C12H18BrNO3S. The largest absolute Gasteiger partial charge is 0.444 e. The molecule has 0 aliphatic rings. The summed E-state index contributed by atoms with van der Waals surface area (Å²) in [6.45, 7) is 6.07. The van der Waals surface area contributed by atoms with E-state index in [2.05, 4.69) is 15.9 Å². The molecule has 6 heteroatoms. The second kappa shape index (κ2) is 6.54. The van der Waals surface area contributed by atoms with E-state index in [1.54, 1.807) is 11.3 Å². The molecule has 1 N–H and O–H groups in total. The predicted molar refractivity (Wildman–Crippen MR) is 75.7 cm³/mol. The van der Waals surface area contributed by atoms with E-state index in [0.717, 1.165) is 10.0 Å². The predicted octanol–water partition coefficient (Wildman–Crippen LogP) is 3.24. The van der Waals surface area contributed by atoms with E-state index in [1.165, 1.54) is 4.90 Å². The zero-order chi connectivity index (χ0) is 13.8. The standard InChI is InChI=1S/C12H18BrNO3S/c1-12(2,3)17-11(16)14(4-5-15)6-9-7-18-8-10(9)13/h7-8,15H,4-6H2,1-3H3. The summed E-state index contributed by atoms with van der Waals surface area (Å²) in [7, 11) is 0. The van der Waals surface area contributed by atoms with E-state index in [4.69, 9.17) is 9.84 Å². The lowest BCUT2D eigenvalue weighted by Crippen LogP contribution is -2.38. The van der Waals surface area contributed by atoms with Gasteiger partial charge in [0, 0.05) is 16.4 Å².